The molecule has 1 N–H and O–H groups in total. The van der Waals surface area contributed by atoms with Gasteiger partial charge in [0.2, 0.25) is 5.82 Å². The van der Waals surface area contributed by atoms with E-state index in [9.17, 15) is 13.2 Å². The van der Waals surface area contributed by atoms with Gasteiger partial charge in [0.1, 0.15) is 17.2 Å². The highest BCUT2D eigenvalue weighted by Gasteiger charge is 2.13. The summed E-state index contributed by atoms with van der Waals surface area (Å²) in [5.74, 6) is 1.47. The minimum atomic E-state index is -3.26. The highest BCUT2D eigenvalue weighted by Crippen LogP contribution is 2.21. The Hall–Kier alpha value is -4.90. The van der Waals surface area contributed by atoms with E-state index in [0.29, 0.717) is 30.2 Å². The number of aromatic nitrogens is 5. The minimum absolute atomic E-state index is 0.226. The Balaban J connectivity index is 1.19. The lowest BCUT2D eigenvalue weighted by molar-refractivity contribution is 0.0946. The third-order valence-electron chi connectivity index (χ3n) is 5.73. The van der Waals surface area contributed by atoms with Crippen molar-refractivity contribution < 1.29 is 17.9 Å². The maximum absolute atomic E-state index is 12.8. The number of nitrogens with zero attached hydrogens (tertiary/aromatic N) is 5. The Bertz CT molecular complexity index is 1690. The Morgan fingerprint density at radius 1 is 0.897 bits per heavy atom. The molecule has 0 saturated carbocycles. The zero-order valence-corrected chi connectivity index (χ0v) is 21.7. The Morgan fingerprint density at radius 3 is 2.31 bits per heavy atom. The van der Waals surface area contributed by atoms with Gasteiger partial charge in [-0.2, -0.15) is 4.80 Å². The number of hydrogen-bond donors (Lipinski definition) is 1. The number of rotatable bonds is 9. The number of hydrogen-bond acceptors (Lipinski definition) is 8. The summed E-state index contributed by atoms with van der Waals surface area (Å²) >= 11 is 0. The molecule has 2 aromatic heterocycles. The van der Waals surface area contributed by atoms with E-state index in [4.69, 9.17) is 4.74 Å². The van der Waals surface area contributed by atoms with Gasteiger partial charge in [-0.25, -0.2) is 8.42 Å². The van der Waals surface area contributed by atoms with Gasteiger partial charge in [0.15, 0.2) is 9.84 Å². The number of carbonyl (C=O) groups is 1. The van der Waals surface area contributed by atoms with Crippen molar-refractivity contribution in [2.75, 3.05) is 6.26 Å². The van der Waals surface area contributed by atoms with E-state index in [-0.39, 0.29) is 16.5 Å². The number of para-hydroxylation sites is 1. The summed E-state index contributed by atoms with van der Waals surface area (Å²) in [4.78, 5) is 18.6. The van der Waals surface area contributed by atoms with E-state index in [2.05, 4.69) is 25.7 Å². The third-order valence-corrected chi connectivity index (χ3v) is 6.86. The van der Waals surface area contributed by atoms with Crippen molar-refractivity contribution in [1.29, 1.82) is 0 Å². The molecule has 5 aromatic rings. The number of nitrogens with one attached hydrogen (secondary N) is 1. The zero-order valence-electron chi connectivity index (χ0n) is 20.9. The topological polar surface area (TPSA) is 129 Å². The predicted octanol–water partition coefficient (Wildman–Crippen LogP) is 3.91. The summed E-state index contributed by atoms with van der Waals surface area (Å²) in [6, 6.07) is 26.8. The highest BCUT2D eigenvalue weighted by molar-refractivity contribution is 7.90. The van der Waals surface area contributed by atoms with Crippen LogP contribution in [0.2, 0.25) is 0 Å². The lowest BCUT2D eigenvalue weighted by Crippen LogP contribution is -2.23. The first kappa shape index (κ1) is 25.7. The fraction of sp³-hybridized carbons (Fsp3) is 0.107. The number of amides is 1. The molecule has 0 bridgehead atoms. The molecule has 10 nitrogen and oxygen atoms in total. The normalized spacial score (nSPS) is 11.2. The molecule has 0 saturated heterocycles. The van der Waals surface area contributed by atoms with Gasteiger partial charge >= 0.3 is 0 Å². The van der Waals surface area contributed by atoms with Gasteiger partial charge in [0.25, 0.3) is 5.91 Å². The molecule has 2 heterocycles. The average molecular weight is 541 g/mol. The Kier molecular flexibility index (Phi) is 7.41. The van der Waals surface area contributed by atoms with Crippen LogP contribution in [0.1, 0.15) is 21.6 Å². The molecule has 0 unspecified atom stereocenters. The molecule has 0 fully saturated rings. The van der Waals surface area contributed by atoms with Crippen molar-refractivity contribution in [1.82, 2.24) is 30.5 Å². The molecule has 0 atom stereocenters. The fourth-order valence-electron chi connectivity index (χ4n) is 3.70. The van der Waals surface area contributed by atoms with Crippen LogP contribution in [0, 0.1) is 0 Å². The zero-order chi connectivity index (χ0) is 27.2. The smallest absolute Gasteiger partial charge is 0.270 e. The standard InChI is InChI=1S/C28H24N6O4S/c1-39(36,37)25-13-9-21(10-14-25)19-34-32-27(31-33-34)22-15-16-29-26(17-22)28(35)30-18-20-7-11-24(12-8-20)38-23-5-3-2-4-6-23/h2-17H,18-19H2,1H3,(H,30,35). The van der Waals surface area contributed by atoms with Crippen LogP contribution in [0.15, 0.2) is 102 Å². The number of benzene rings is 3. The van der Waals surface area contributed by atoms with Crippen LogP contribution in [-0.2, 0) is 22.9 Å². The molecular formula is C28H24N6O4S. The van der Waals surface area contributed by atoms with Crippen molar-refractivity contribution in [2.24, 2.45) is 0 Å². The number of carbonyl (C=O) groups excluding carboxylic acids is 1. The first-order valence-corrected chi connectivity index (χ1v) is 13.9. The summed E-state index contributed by atoms with van der Waals surface area (Å²) < 4.78 is 29.1. The highest BCUT2D eigenvalue weighted by atomic mass is 32.2. The molecule has 0 aliphatic carbocycles. The molecule has 0 aliphatic heterocycles. The van der Waals surface area contributed by atoms with E-state index in [1.54, 1.807) is 36.4 Å². The summed E-state index contributed by atoms with van der Waals surface area (Å²) in [7, 11) is -3.26. The molecule has 3 aromatic carbocycles. The van der Waals surface area contributed by atoms with Crippen molar-refractivity contribution in [2.45, 2.75) is 18.0 Å². The molecule has 0 radical (unpaired) electrons. The van der Waals surface area contributed by atoms with Crippen LogP contribution in [0.25, 0.3) is 11.4 Å². The lowest BCUT2D eigenvalue weighted by Gasteiger charge is -2.08. The maximum Gasteiger partial charge on any atom is 0.270 e. The predicted molar refractivity (Wildman–Crippen MR) is 144 cm³/mol. The van der Waals surface area contributed by atoms with Crippen molar-refractivity contribution in [3.8, 4) is 22.9 Å². The van der Waals surface area contributed by atoms with Crippen LogP contribution in [0.3, 0.4) is 0 Å². The van der Waals surface area contributed by atoms with Gasteiger partial charge in [-0.1, -0.05) is 42.5 Å². The SMILES string of the molecule is CS(=O)(=O)c1ccc(Cn2nnc(-c3ccnc(C(=O)NCc4ccc(Oc5ccccc5)cc4)c3)n2)cc1. The van der Waals surface area contributed by atoms with Crippen LogP contribution in [-0.4, -0.2) is 45.8 Å². The molecule has 1 amide bonds. The lowest BCUT2D eigenvalue weighted by atomic mass is 10.2. The van der Waals surface area contributed by atoms with Gasteiger partial charge in [-0.3, -0.25) is 9.78 Å². The number of pyridine rings is 1. The molecule has 39 heavy (non-hydrogen) atoms. The quantitative estimate of drug-likeness (QED) is 0.298. The fourth-order valence-corrected chi connectivity index (χ4v) is 4.33. The minimum Gasteiger partial charge on any atom is -0.457 e. The monoisotopic (exact) mass is 540 g/mol. The number of ether oxygens (including phenoxy) is 1. The van der Waals surface area contributed by atoms with Crippen LogP contribution >= 0.6 is 0 Å². The summed E-state index contributed by atoms with van der Waals surface area (Å²) in [5.41, 5.74) is 2.55. The van der Waals surface area contributed by atoms with Gasteiger partial charge in [-0.15, -0.1) is 10.2 Å². The number of sulfone groups is 1. The van der Waals surface area contributed by atoms with Crippen molar-refractivity contribution >= 4 is 15.7 Å². The van der Waals surface area contributed by atoms with Crippen molar-refractivity contribution in [3.63, 3.8) is 0 Å². The first-order valence-electron chi connectivity index (χ1n) is 12.0. The average Bonchev–Trinajstić information content (AvgIpc) is 3.41. The second-order valence-corrected chi connectivity index (χ2v) is 10.7. The first-order chi connectivity index (χ1) is 18.8. The molecular weight excluding hydrogens is 516 g/mol. The van der Waals surface area contributed by atoms with Gasteiger partial charge < -0.3 is 10.1 Å². The molecule has 5 rings (SSSR count). The van der Waals surface area contributed by atoms with Gasteiger partial charge in [0.05, 0.1) is 11.4 Å². The third kappa shape index (κ3) is 6.70. The molecule has 0 spiro atoms. The van der Waals surface area contributed by atoms with Gasteiger partial charge in [-0.05, 0) is 64.9 Å². The Morgan fingerprint density at radius 2 is 1.59 bits per heavy atom. The van der Waals surface area contributed by atoms with Crippen LogP contribution in [0.4, 0.5) is 0 Å². The molecule has 11 heteroatoms. The molecule has 196 valence electrons. The number of tetrazole rings is 1. The van der Waals surface area contributed by atoms with E-state index in [1.165, 1.54) is 11.0 Å². The summed E-state index contributed by atoms with van der Waals surface area (Å²) in [6.07, 6.45) is 2.68. The van der Waals surface area contributed by atoms with Gasteiger partial charge in [0, 0.05) is 24.6 Å². The van der Waals surface area contributed by atoms with E-state index >= 15 is 0 Å². The van der Waals surface area contributed by atoms with Crippen LogP contribution < -0.4 is 10.1 Å². The van der Waals surface area contributed by atoms with E-state index in [1.807, 2.05) is 54.6 Å². The summed E-state index contributed by atoms with van der Waals surface area (Å²) in [6.45, 7) is 0.632. The Labute approximate surface area is 225 Å². The van der Waals surface area contributed by atoms with Crippen molar-refractivity contribution in [3.05, 3.63) is 114 Å². The van der Waals surface area contributed by atoms with E-state index < -0.39 is 9.84 Å². The van der Waals surface area contributed by atoms with E-state index in [0.717, 1.165) is 23.1 Å². The second-order valence-electron chi connectivity index (χ2n) is 8.73. The second kappa shape index (κ2) is 11.2. The maximum atomic E-state index is 12.8. The molecule has 0 aliphatic rings. The van der Waals surface area contributed by atoms with Crippen LogP contribution in [0.5, 0.6) is 11.5 Å². The largest absolute Gasteiger partial charge is 0.457 e. The summed E-state index contributed by atoms with van der Waals surface area (Å²) in [5, 5.41) is 15.4.